The molecular weight excluding hydrogens is 326 g/mol. The molecule has 1 amide bonds. The molecule has 0 spiro atoms. The van der Waals surface area contributed by atoms with Crippen LogP contribution in [0.5, 0.6) is 0 Å². The molecule has 1 unspecified atom stereocenters. The SMILES string of the molecule is CC(NC(=O)c1sc2ccc(Cl)cc2c1N)c1nccs1. The fourth-order valence-electron chi connectivity index (χ4n) is 2.03. The van der Waals surface area contributed by atoms with E-state index in [9.17, 15) is 4.79 Å². The first-order valence-corrected chi connectivity index (χ1v) is 8.31. The average molecular weight is 338 g/mol. The predicted octanol–water partition coefficient (Wildman–Crippen LogP) is 4.08. The normalized spacial score (nSPS) is 12.5. The van der Waals surface area contributed by atoms with Crippen LogP contribution in [0.25, 0.3) is 10.1 Å². The number of nitrogens with zero attached hydrogens (tertiary/aromatic N) is 1. The number of nitrogen functional groups attached to an aromatic ring is 1. The molecule has 3 N–H and O–H groups in total. The number of fused-ring (bicyclic) bond motifs is 1. The van der Waals surface area contributed by atoms with Crippen molar-refractivity contribution in [2.75, 3.05) is 5.73 Å². The Hall–Kier alpha value is -1.63. The average Bonchev–Trinajstić information content (AvgIpc) is 3.08. The number of aromatic nitrogens is 1. The highest BCUT2D eigenvalue weighted by Gasteiger charge is 2.19. The van der Waals surface area contributed by atoms with Crippen molar-refractivity contribution in [2.45, 2.75) is 13.0 Å². The van der Waals surface area contributed by atoms with E-state index in [4.69, 9.17) is 17.3 Å². The lowest BCUT2D eigenvalue weighted by Gasteiger charge is -2.10. The van der Waals surface area contributed by atoms with E-state index in [1.54, 1.807) is 18.3 Å². The lowest BCUT2D eigenvalue weighted by atomic mass is 10.2. The second-order valence-corrected chi connectivity index (χ2v) is 6.97. The molecular formula is C14H12ClN3OS2. The first kappa shape index (κ1) is 14.3. The van der Waals surface area contributed by atoms with E-state index in [0.29, 0.717) is 15.6 Å². The number of halogens is 1. The number of anilines is 1. The summed E-state index contributed by atoms with van der Waals surface area (Å²) in [5.41, 5.74) is 6.55. The molecule has 2 heterocycles. The first-order chi connectivity index (χ1) is 10.1. The van der Waals surface area contributed by atoms with E-state index in [1.165, 1.54) is 22.7 Å². The number of carbonyl (C=O) groups is 1. The summed E-state index contributed by atoms with van der Waals surface area (Å²) in [7, 11) is 0. The maximum atomic E-state index is 12.4. The molecule has 1 atom stereocenters. The van der Waals surface area contributed by atoms with E-state index in [0.717, 1.165) is 15.1 Å². The van der Waals surface area contributed by atoms with Crippen LogP contribution in [-0.2, 0) is 0 Å². The van der Waals surface area contributed by atoms with Crippen LogP contribution in [0.3, 0.4) is 0 Å². The molecule has 0 aliphatic heterocycles. The molecule has 7 heteroatoms. The van der Waals surface area contributed by atoms with E-state index in [-0.39, 0.29) is 11.9 Å². The molecule has 0 saturated carbocycles. The number of hydrogen-bond donors (Lipinski definition) is 2. The third-order valence-corrected chi connectivity index (χ3v) is 5.44. The molecule has 0 bridgehead atoms. The van der Waals surface area contributed by atoms with Crippen molar-refractivity contribution < 1.29 is 4.79 Å². The van der Waals surface area contributed by atoms with Crippen LogP contribution in [0.1, 0.15) is 27.6 Å². The van der Waals surface area contributed by atoms with Gasteiger partial charge in [-0.2, -0.15) is 0 Å². The molecule has 3 aromatic rings. The molecule has 0 aliphatic rings. The van der Waals surface area contributed by atoms with E-state index < -0.39 is 0 Å². The van der Waals surface area contributed by atoms with Gasteiger partial charge in [0.15, 0.2) is 0 Å². The van der Waals surface area contributed by atoms with Crippen molar-refractivity contribution in [3.05, 3.63) is 44.7 Å². The summed E-state index contributed by atoms with van der Waals surface area (Å²) in [6, 6.07) is 5.30. The zero-order valence-corrected chi connectivity index (χ0v) is 13.5. The topological polar surface area (TPSA) is 68.0 Å². The van der Waals surface area contributed by atoms with Gasteiger partial charge in [-0.1, -0.05) is 11.6 Å². The van der Waals surface area contributed by atoms with Crippen LogP contribution in [-0.4, -0.2) is 10.9 Å². The third-order valence-electron chi connectivity index (χ3n) is 3.06. The summed E-state index contributed by atoms with van der Waals surface area (Å²) >= 11 is 8.85. The molecule has 108 valence electrons. The number of rotatable bonds is 3. The minimum absolute atomic E-state index is 0.147. The van der Waals surface area contributed by atoms with Crippen molar-refractivity contribution in [3.8, 4) is 0 Å². The summed E-state index contributed by atoms with van der Waals surface area (Å²) < 4.78 is 0.948. The van der Waals surface area contributed by atoms with Crippen molar-refractivity contribution in [1.29, 1.82) is 0 Å². The van der Waals surface area contributed by atoms with E-state index in [1.807, 2.05) is 18.4 Å². The van der Waals surface area contributed by atoms with Gasteiger partial charge in [-0.05, 0) is 25.1 Å². The van der Waals surface area contributed by atoms with Gasteiger partial charge in [0.2, 0.25) is 0 Å². The Labute approximate surface area is 134 Å². The fourth-order valence-corrected chi connectivity index (χ4v) is 3.85. The van der Waals surface area contributed by atoms with Crippen molar-refractivity contribution in [3.63, 3.8) is 0 Å². The maximum absolute atomic E-state index is 12.4. The summed E-state index contributed by atoms with van der Waals surface area (Å²) in [5, 5.41) is 7.10. The van der Waals surface area contributed by atoms with Gasteiger partial charge in [-0.3, -0.25) is 4.79 Å². The molecule has 0 fully saturated rings. The molecule has 0 radical (unpaired) electrons. The summed E-state index contributed by atoms with van der Waals surface area (Å²) in [4.78, 5) is 17.1. The Morgan fingerprint density at radius 1 is 1.48 bits per heavy atom. The van der Waals surface area contributed by atoms with Crippen molar-refractivity contribution >= 4 is 56.0 Å². The number of thiophene rings is 1. The standard InChI is InChI=1S/C14H12ClN3OS2/c1-7(14-17-4-5-20-14)18-13(19)12-11(16)9-6-8(15)2-3-10(9)21-12/h2-7H,16H2,1H3,(H,18,19). The number of thiazole rings is 1. The van der Waals surface area contributed by atoms with Gasteiger partial charge in [0.05, 0.1) is 11.7 Å². The van der Waals surface area contributed by atoms with Crippen molar-refractivity contribution in [2.24, 2.45) is 0 Å². The van der Waals surface area contributed by atoms with Crippen LogP contribution >= 0.6 is 34.3 Å². The van der Waals surface area contributed by atoms with Crippen LogP contribution in [0, 0.1) is 0 Å². The highest BCUT2D eigenvalue weighted by atomic mass is 35.5. The number of hydrogen-bond acceptors (Lipinski definition) is 5. The zero-order chi connectivity index (χ0) is 15.0. The van der Waals surface area contributed by atoms with E-state index >= 15 is 0 Å². The highest BCUT2D eigenvalue weighted by molar-refractivity contribution is 7.21. The quantitative estimate of drug-likeness (QED) is 0.756. The Morgan fingerprint density at radius 2 is 2.29 bits per heavy atom. The second-order valence-electron chi connectivity index (χ2n) is 4.55. The minimum atomic E-state index is -0.187. The molecule has 3 rings (SSSR count). The second kappa shape index (κ2) is 5.63. The predicted molar refractivity (Wildman–Crippen MR) is 89.2 cm³/mol. The van der Waals surface area contributed by atoms with Crippen molar-refractivity contribution in [1.82, 2.24) is 10.3 Å². The molecule has 21 heavy (non-hydrogen) atoms. The minimum Gasteiger partial charge on any atom is -0.397 e. The lowest BCUT2D eigenvalue weighted by Crippen LogP contribution is -2.26. The van der Waals surface area contributed by atoms with Gasteiger partial charge >= 0.3 is 0 Å². The van der Waals surface area contributed by atoms with Crippen LogP contribution in [0.15, 0.2) is 29.8 Å². The molecule has 0 saturated heterocycles. The van der Waals surface area contributed by atoms with Crippen LogP contribution in [0.4, 0.5) is 5.69 Å². The monoisotopic (exact) mass is 337 g/mol. The first-order valence-electron chi connectivity index (χ1n) is 6.24. The van der Waals surface area contributed by atoms with Gasteiger partial charge in [0, 0.05) is 26.7 Å². The highest BCUT2D eigenvalue weighted by Crippen LogP contribution is 2.35. The van der Waals surface area contributed by atoms with Gasteiger partial charge in [-0.15, -0.1) is 22.7 Å². The summed E-state index contributed by atoms with van der Waals surface area (Å²) in [6.07, 6.45) is 1.72. The summed E-state index contributed by atoms with van der Waals surface area (Å²) in [5.74, 6) is -0.187. The number of nitrogens with one attached hydrogen (secondary N) is 1. The van der Waals surface area contributed by atoms with Crippen LogP contribution in [0.2, 0.25) is 5.02 Å². The van der Waals surface area contributed by atoms with Gasteiger partial charge < -0.3 is 11.1 Å². The van der Waals surface area contributed by atoms with Gasteiger partial charge in [0.25, 0.3) is 5.91 Å². The molecule has 1 aromatic carbocycles. The Kier molecular flexibility index (Phi) is 3.84. The number of benzene rings is 1. The Morgan fingerprint density at radius 3 is 3.00 bits per heavy atom. The van der Waals surface area contributed by atoms with Gasteiger partial charge in [0.1, 0.15) is 9.88 Å². The fraction of sp³-hybridized carbons (Fsp3) is 0.143. The summed E-state index contributed by atoms with van der Waals surface area (Å²) in [6.45, 7) is 1.90. The van der Waals surface area contributed by atoms with E-state index in [2.05, 4.69) is 10.3 Å². The lowest BCUT2D eigenvalue weighted by molar-refractivity contribution is 0.0945. The number of nitrogens with two attached hydrogens (primary N) is 1. The Balaban J connectivity index is 1.89. The molecule has 2 aromatic heterocycles. The largest absolute Gasteiger partial charge is 0.397 e. The smallest absolute Gasteiger partial charge is 0.264 e. The third kappa shape index (κ3) is 2.74. The molecule has 4 nitrogen and oxygen atoms in total. The zero-order valence-electron chi connectivity index (χ0n) is 11.1. The molecule has 0 aliphatic carbocycles. The van der Waals surface area contributed by atoms with Gasteiger partial charge in [-0.25, -0.2) is 4.98 Å². The maximum Gasteiger partial charge on any atom is 0.264 e. The Bertz CT molecular complexity index is 798. The number of amides is 1. The number of carbonyl (C=O) groups excluding carboxylic acids is 1. The van der Waals surface area contributed by atoms with Crippen LogP contribution < -0.4 is 11.1 Å².